The first-order chi connectivity index (χ1) is 12.9. The van der Waals surface area contributed by atoms with Crippen LogP contribution in [-0.2, 0) is 0 Å². The summed E-state index contributed by atoms with van der Waals surface area (Å²) in [5.74, 6) is -0.972. The maximum Gasteiger partial charge on any atom is 0.343 e. The number of aryl methyl sites for hydroxylation is 2. The minimum Gasteiger partial charge on any atom is -0.507 e. The molecule has 4 heteroatoms. The molecule has 0 saturated heterocycles. The number of carbonyl (C=O) groups is 1. The number of aromatic hydroxyl groups is 1. The van der Waals surface area contributed by atoms with Gasteiger partial charge in [-0.15, -0.1) is 0 Å². The molecule has 0 spiro atoms. The van der Waals surface area contributed by atoms with E-state index in [0.29, 0.717) is 11.3 Å². The van der Waals surface area contributed by atoms with Crippen LogP contribution in [0, 0.1) is 19.7 Å². The predicted octanol–water partition coefficient (Wildman–Crippen LogP) is 5.54. The Bertz CT molecular complexity index is 981. The molecule has 0 saturated carbocycles. The number of benzene rings is 3. The summed E-state index contributed by atoms with van der Waals surface area (Å²) in [4.78, 5) is 12.1. The highest BCUT2D eigenvalue weighted by atomic mass is 19.1. The lowest BCUT2D eigenvalue weighted by Crippen LogP contribution is -2.09. The van der Waals surface area contributed by atoms with Crippen molar-refractivity contribution in [3.63, 3.8) is 0 Å². The molecule has 0 amide bonds. The van der Waals surface area contributed by atoms with Crippen LogP contribution < -0.4 is 4.74 Å². The van der Waals surface area contributed by atoms with Gasteiger partial charge in [0.25, 0.3) is 0 Å². The third-order valence-electron chi connectivity index (χ3n) is 4.17. The van der Waals surface area contributed by atoms with Gasteiger partial charge in [0.15, 0.2) is 11.6 Å². The van der Waals surface area contributed by atoms with Crippen molar-refractivity contribution in [2.24, 2.45) is 0 Å². The van der Waals surface area contributed by atoms with E-state index in [9.17, 15) is 14.3 Å². The Morgan fingerprint density at radius 3 is 2.15 bits per heavy atom. The molecule has 3 nitrogen and oxygen atoms in total. The molecule has 0 heterocycles. The Morgan fingerprint density at radius 1 is 0.926 bits per heavy atom. The summed E-state index contributed by atoms with van der Waals surface area (Å²) >= 11 is 0. The van der Waals surface area contributed by atoms with Crippen molar-refractivity contribution in [3.8, 4) is 11.5 Å². The Morgan fingerprint density at radius 2 is 1.52 bits per heavy atom. The van der Waals surface area contributed by atoms with Crippen LogP contribution in [0.15, 0.2) is 60.7 Å². The monoisotopic (exact) mass is 362 g/mol. The molecule has 0 aliphatic heterocycles. The summed E-state index contributed by atoms with van der Waals surface area (Å²) in [7, 11) is 0. The van der Waals surface area contributed by atoms with E-state index >= 15 is 0 Å². The number of para-hydroxylation sites is 1. The molecule has 0 atom stereocenters. The van der Waals surface area contributed by atoms with Crippen LogP contribution in [0.25, 0.3) is 12.2 Å². The second-order valence-corrected chi connectivity index (χ2v) is 6.28. The lowest BCUT2D eigenvalue weighted by atomic mass is 10.0. The average molecular weight is 362 g/mol. The highest BCUT2D eigenvalue weighted by molar-refractivity contribution is 5.91. The first-order valence-electron chi connectivity index (χ1n) is 8.49. The van der Waals surface area contributed by atoms with Gasteiger partial charge >= 0.3 is 5.97 Å². The van der Waals surface area contributed by atoms with Gasteiger partial charge in [-0.05, 0) is 72.5 Å². The van der Waals surface area contributed by atoms with Crippen molar-refractivity contribution in [3.05, 3.63) is 94.3 Å². The van der Waals surface area contributed by atoms with Gasteiger partial charge in [-0.25, -0.2) is 9.18 Å². The Kier molecular flexibility index (Phi) is 5.36. The topological polar surface area (TPSA) is 46.5 Å². The van der Waals surface area contributed by atoms with Crippen molar-refractivity contribution >= 4 is 18.1 Å². The van der Waals surface area contributed by atoms with Crippen LogP contribution in [0.5, 0.6) is 11.5 Å². The normalized spacial score (nSPS) is 10.9. The van der Waals surface area contributed by atoms with Crippen LogP contribution in [-0.4, -0.2) is 11.1 Å². The first-order valence-corrected chi connectivity index (χ1v) is 8.49. The fraction of sp³-hybridized carbons (Fsp3) is 0.0870. The van der Waals surface area contributed by atoms with E-state index in [1.807, 2.05) is 38.1 Å². The number of hydrogen-bond acceptors (Lipinski definition) is 3. The molecule has 0 aliphatic rings. The molecule has 0 unspecified atom stereocenters. The average Bonchev–Trinajstić information content (AvgIpc) is 2.66. The molecule has 0 aliphatic carbocycles. The van der Waals surface area contributed by atoms with E-state index in [0.717, 1.165) is 22.3 Å². The number of ether oxygens (including phenoxy) is 1. The standard InChI is InChI=1S/C23H19FO3/c1-15-13-18(14-16(2)22(15)25)8-7-17-9-11-19(12-10-17)23(26)27-21-6-4-3-5-20(21)24/h3-14,25H,1-2H3/b8-7+. The summed E-state index contributed by atoms with van der Waals surface area (Å²) in [6, 6.07) is 16.4. The lowest BCUT2D eigenvalue weighted by Gasteiger charge is -2.06. The summed E-state index contributed by atoms with van der Waals surface area (Å²) < 4.78 is 18.7. The van der Waals surface area contributed by atoms with Gasteiger partial charge in [0.1, 0.15) is 5.75 Å². The highest BCUT2D eigenvalue weighted by Crippen LogP contribution is 2.24. The SMILES string of the molecule is Cc1cc(/C=C/c2ccc(C(=O)Oc3ccccc3F)cc2)cc(C)c1O. The minimum absolute atomic E-state index is 0.0930. The fourth-order valence-corrected chi connectivity index (χ4v) is 2.69. The Labute approximate surface area is 157 Å². The van der Waals surface area contributed by atoms with E-state index in [4.69, 9.17) is 4.74 Å². The molecule has 27 heavy (non-hydrogen) atoms. The third-order valence-corrected chi connectivity index (χ3v) is 4.17. The van der Waals surface area contributed by atoms with Crippen molar-refractivity contribution in [1.82, 2.24) is 0 Å². The highest BCUT2D eigenvalue weighted by Gasteiger charge is 2.11. The molecule has 3 aromatic rings. The summed E-state index contributed by atoms with van der Waals surface area (Å²) in [5.41, 5.74) is 3.86. The van der Waals surface area contributed by atoms with Gasteiger partial charge in [0.05, 0.1) is 5.56 Å². The molecule has 136 valence electrons. The van der Waals surface area contributed by atoms with Crippen LogP contribution in [0.2, 0.25) is 0 Å². The van der Waals surface area contributed by atoms with Crippen molar-refractivity contribution < 1.29 is 19.0 Å². The molecule has 0 aromatic heterocycles. The number of phenols is 1. The van der Waals surface area contributed by atoms with Gasteiger partial charge in [0.2, 0.25) is 0 Å². The van der Waals surface area contributed by atoms with Gasteiger partial charge in [-0.2, -0.15) is 0 Å². The number of rotatable bonds is 4. The van der Waals surface area contributed by atoms with Gasteiger partial charge in [0, 0.05) is 0 Å². The number of hydrogen-bond donors (Lipinski definition) is 1. The summed E-state index contributed by atoms with van der Waals surface area (Å²) in [6.07, 6.45) is 3.85. The molecular formula is C23H19FO3. The van der Waals surface area contributed by atoms with E-state index in [1.165, 1.54) is 18.2 Å². The van der Waals surface area contributed by atoms with E-state index < -0.39 is 11.8 Å². The maximum absolute atomic E-state index is 13.6. The van der Waals surface area contributed by atoms with Crippen molar-refractivity contribution in [2.75, 3.05) is 0 Å². The first kappa shape index (κ1) is 18.4. The van der Waals surface area contributed by atoms with Gasteiger partial charge in [-0.3, -0.25) is 0 Å². The van der Waals surface area contributed by atoms with E-state index in [-0.39, 0.29) is 5.75 Å². The van der Waals surface area contributed by atoms with Crippen LogP contribution in [0.1, 0.15) is 32.6 Å². The number of carbonyl (C=O) groups excluding carboxylic acids is 1. The number of esters is 1. The number of phenolic OH excluding ortho intramolecular Hbond substituents is 1. The molecule has 0 fully saturated rings. The van der Waals surface area contributed by atoms with Gasteiger partial charge in [-0.1, -0.05) is 36.4 Å². The van der Waals surface area contributed by atoms with Crippen LogP contribution in [0.3, 0.4) is 0 Å². The zero-order valence-corrected chi connectivity index (χ0v) is 15.1. The summed E-state index contributed by atoms with van der Waals surface area (Å²) in [6.45, 7) is 3.71. The second kappa shape index (κ2) is 7.87. The lowest BCUT2D eigenvalue weighted by molar-refractivity contribution is 0.0728. The van der Waals surface area contributed by atoms with Gasteiger partial charge < -0.3 is 9.84 Å². The third kappa shape index (κ3) is 4.42. The largest absolute Gasteiger partial charge is 0.507 e. The summed E-state index contributed by atoms with van der Waals surface area (Å²) in [5, 5.41) is 9.83. The second-order valence-electron chi connectivity index (χ2n) is 6.28. The maximum atomic E-state index is 13.6. The zero-order valence-electron chi connectivity index (χ0n) is 15.1. The van der Waals surface area contributed by atoms with Crippen molar-refractivity contribution in [2.45, 2.75) is 13.8 Å². The van der Waals surface area contributed by atoms with E-state index in [2.05, 4.69) is 0 Å². The zero-order chi connectivity index (χ0) is 19.4. The van der Waals surface area contributed by atoms with Crippen LogP contribution >= 0.6 is 0 Å². The molecule has 3 aromatic carbocycles. The Balaban J connectivity index is 1.72. The van der Waals surface area contributed by atoms with E-state index in [1.54, 1.807) is 30.3 Å². The van der Waals surface area contributed by atoms with Crippen molar-refractivity contribution in [1.29, 1.82) is 0 Å². The molecule has 0 bridgehead atoms. The smallest absolute Gasteiger partial charge is 0.343 e. The molecule has 3 rings (SSSR count). The molecule has 1 N–H and O–H groups in total. The Hall–Kier alpha value is -3.40. The minimum atomic E-state index is -0.611. The quantitative estimate of drug-likeness (QED) is 0.377. The predicted molar refractivity (Wildman–Crippen MR) is 104 cm³/mol. The fourth-order valence-electron chi connectivity index (χ4n) is 2.69. The molecule has 0 radical (unpaired) electrons. The molecular weight excluding hydrogens is 343 g/mol. The van der Waals surface area contributed by atoms with Crippen LogP contribution in [0.4, 0.5) is 4.39 Å². The number of halogens is 1.